The molecule has 1 fully saturated rings. The van der Waals surface area contributed by atoms with Gasteiger partial charge in [0.2, 0.25) is 11.8 Å². The molecule has 2 heterocycles. The highest BCUT2D eigenvalue weighted by molar-refractivity contribution is 5.87. The fourth-order valence-corrected chi connectivity index (χ4v) is 3.34. The van der Waals surface area contributed by atoms with Gasteiger partial charge in [0.1, 0.15) is 12.4 Å². The van der Waals surface area contributed by atoms with Crippen LogP contribution in [-0.2, 0) is 16.0 Å². The first-order valence-electron chi connectivity index (χ1n) is 8.30. The molecule has 5 nitrogen and oxygen atoms in total. The maximum Gasteiger partial charge on any atom is 0.245 e. The molecule has 2 aliphatic heterocycles. The van der Waals surface area contributed by atoms with Crippen LogP contribution in [-0.4, -0.2) is 42.5 Å². The molecule has 1 aromatic carbocycles. The minimum absolute atomic E-state index is 0.0585. The molecule has 1 N–H and O–H groups in total. The molecule has 0 aromatic heterocycles. The normalized spacial score (nSPS) is 20.4. The number of nitrogens with zero attached hydrogens (tertiary/aromatic N) is 1. The second-order valence-electron chi connectivity index (χ2n) is 6.40. The fraction of sp³-hybridized carbons (Fsp3) is 0.444. The van der Waals surface area contributed by atoms with E-state index in [2.05, 4.69) is 11.9 Å². The van der Waals surface area contributed by atoms with Crippen molar-refractivity contribution in [3.63, 3.8) is 0 Å². The van der Waals surface area contributed by atoms with E-state index in [1.165, 1.54) is 12.1 Å². The van der Waals surface area contributed by atoms with E-state index in [0.717, 1.165) is 6.07 Å². The monoisotopic (exact) mass is 350 g/mol. The number of halogens is 2. The number of fused-ring (bicyclic) bond motifs is 1. The number of benzene rings is 1. The summed E-state index contributed by atoms with van der Waals surface area (Å²) in [6, 6.07) is 1.70. The highest BCUT2D eigenvalue weighted by Gasteiger charge is 2.30. The van der Waals surface area contributed by atoms with Crippen LogP contribution in [0.3, 0.4) is 0 Å². The van der Waals surface area contributed by atoms with E-state index in [1.54, 1.807) is 4.90 Å². The molecule has 1 aromatic rings. The zero-order chi connectivity index (χ0) is 18.0. The van der Waals surface area contributed by atoms with Gasteiger partial charge in [-0.3, -0.25) is 9.59 Å². The van der Waals surface area contributed by atoms with Crippen LogP contribution in [0.2, 0.25) is 0 Å². The van der Waals surface area contributed by atoms with Crippen molar-refractivity contribution in [3.8, 4) is 5.75 Å². The van der Waals surface area contributed by atoms with Crippen LogP contribution in [0.4, 0.5) is 8.78 Å². The van der Waals surface area contributed by atoms with Gasteiger partial charge in [-0.25, -0.2) is 8.78 Å². The third-order valence-electron chi connectivity index (χ3n) is 4.68. The summed E-state index contributed by atoms with van der Waals surface area (Å²) < 4.78 is 32.3. The largest absolute Gasteiger partial charge is 0.488 e. The number of amides is 2. The lowest BCUT2D eigenvalue weighted by Gasteiger charge is -2.32. The van der Waals surface area contributed by atoms with Gasteiger partial charge >= 0.3 is 0 Å². The first-order chi connectivity index (χ1) is 12.0. The number of carbonyl (C=O) groups is 2. The smallest absolute Gasteiger partial charge is 0.245 e. The molecule has 25 heavy (non-hydrogen) atoms. The summed E-state index contributed by atoms with van der Waals surface area (Å²) in [6.45, 7) is 4.64. The Labute approximate surface area is 144 Å². The summed E-state index contributed by atoms with van der Waals surface area (Å²) >= 11 is 0. The van der Waals surface area contributed by atoms with Crippen LogP contribution in [0.5, 0.6) is 5.75 Å². The van der Waals surface area contributed by atoms with Gasteiger partial charge < -0.3 is 15.0 Å². The number of nitrogens with one attached hydrogen (secondary N) is 1. The topological polar surface area (TPSA) is 58.6 Å². The Balaban J connectivity index is 1.56. The molecular weight excluding hydrogens is 330 g/mol. The molecule has 0 aliphatic carbocycles. The van der Waals surface area contributed by atoms with Crippen molar-refractivity contribution < 1.29 is 23.1 Å². The summed E-state index contributed by atoms with van der Waals surface area (Å²) in [5.74, 6) is -1.74. The van der Waals surface area contributed by atoms with Crippen LogP contribution in [0.1, 0.15) is 18.4 Å². The van der Waals surface area contributed by atoms with E-state index in [0.29, 0.717) is 37.9 Å². The summed E-state index contributed by atoms with van der Waals surface area (Å²) in [5, 5.41) is 2.89. The number of hydrogen-bond acceptors (Lipinski definition) is 3. The van der Waals surface area contributed by atoms with Crippen molar-refractivity contribution >= 4 is 11.8 Å². The molecule has 2 aliphatic rings. The Morgan fingerprint density at radius 3 is 2.68 bits per heavy atom. The highest BCUT2D eigenvalue weighted by atomic mass is 19.1. The number of ether oxygens (including phenoxy) is 1. The van der Waals surface area contributed by atoms with Crippen LogP contribution in [0.15, 0.2) is 24.8 Å². The van der Waals surface area contributed by atoms with E-state index in [1.807, 2.05) is 0 Å². The van der Waals surface area contributed by atoms with E-state index >= 15 is 0 Å². The van der Waals surface area contributed by atoms with Gasteiger partial charge in [-0.05, 0) is 31.4 Å². The predicted molar refractivity (Wildman–Crippen MR) is 87.0 cm³/mol. The average molecular weight is 350 g/mol. The molecule has 0 bridgehead atoms. The summed E-state index contributed by atoms with van der Waals surface area (Å²) in [6.07, 6.45) is 2.76. The Morgan fingerprint density at radius 2 is 2.00 bits per heavy atom. The SMILES string of the molecule is C=CC(=O)N1CCC(C(=O)NC2COc3c(F)cc(F)cc3C2)CC1. The first kappa shape index (κ1) is 17.4. The predicted octanol–water partition coefficient (Wildman–Crippen LogP) is 1.81. The highest BCUT2D eigenvalue weighted by Crippen LogP contribution is 2.29. The number of rotatable bonds is 3. The van der Waals surface area contributed by atoms with Crippen molar-refractivity contribution in [1.82, 2.24) is 10.2 Å². The molecule has 134 valence electrons. The molecular formula is C18H20F2N2O3. The van der Waals surface area contributed by atoms with Crippen molar-refractivity contribution in [2.75, 3.05) is 19.7 Å². The van der Waals surface area contributed by atoms with Gasteiger partial charge in [-0.15, -0.1) is 0 Å². The van der Waals surface area contributed by atoms with Crippen LogP contribution < -0.4 is 10.1 Å². The molecule has 0 radical (unpaired) electrons. The summed E-state index contributed by atoms with van der Waals surface area (Å²) in [4.78, 5) is 25.7. The Kier molecular flexibility index (Phi) is 5.01. The minimum atomic E-state index is -0.723. The van der Waals surface area contributed by atoms with Gasteiger partial charge in [-0.1, -0.05) is 6.58 Å². The molecule has 1 atom stereocenters. The number of likely N-dealkylation sites (tertiary alicyclic amines) is 1. The number of hydrogen-bond donors (Lipinski definition) is 1. The summed E-state index contributed by atoms with van der Waals surface area (Å²) in [7, 11) is 0. The molecule has 7 heteroatoms. The van der Waals surface area contributed by atoms with Gasteiger partial charge in [-0.2, -0.15) is 0 Å². The van der Waals surface area contributed by atoms with Crippen molar-refractivity contribution in [2.24, 2.45) is 5.92 Å². The van der Waals surface area contributed by atoms with E-state index < -0.39 is 11.6 Å². The average Bonchev–Trinajstić information content (AvgIpc) is 2.60. The Bertz CT molecular complexity index is 700. The molecule has 0 spiro atoms. The van der Waals surface area contributed by atoms with Gasteiger partial charge in [0.25, 0.3) is 0 Å². The lowest BCUT2D eigenvalue weighted by molar-refractivity contribution is -0.132. The molecule has 3 rings (SSSR count). The maximum atomic E-state index is 13.7. The first-order valence-corrected chi connectivity index (χ1v) is 8.30. The van der Waals surface area contributed by atoms with Crippen LogP contribution >= 0.6 is 0 Å². The van der Waals surface area contributed by atoms with Gasteiger partial charge in [0, 0.05) is 30.6 Å². The van der Waals surface area contributed by atoms with E-state index in [4.69, 9.17) is 4.74 Å². The van der Waals surface area contributed by atoms with Crippen LogP contribution in [0, 0.1) is 17.6 Å². The van der Waals surface area contributed by atoms with Gasteiger partial charge in [0.05, 0.1) is 6.04 Å². The standard InChI is InChI=1S/C18H20F2N2O3/c1-2-16(23)22-5-3-11(4-6-22)18(24)21-14-8-12-7-13(19)9-15(20)17(12)25-10-14/h2,7,9,11,14H,1,3-6,8,10H2,(H,21,24). The number of carbonyl (C=O) groups excluding carboxylic acids is 2. The lowest BCUT2D eigenvalue weighted by Crippen LogP contribution is -2.48. The quantitative estimate of drug-likeness (QED) is 0.846. The van der Waals surface area contributed by atoms with E-state index in [9.17, 15) is 18.4 Å². The maximum absolute atomic E-state index is 13.7. The molecule has 0 saturated carbocycles. The zero-order valence-corrected chi connectivity index (χ0v) is 13.8. The number of piperidine rings is 1. The van der Waals surface area contributed by atoms with E-state index in [-0.39, 0.29) is 36.1 Å². The van der Waals surface area contributed by atoms with Crippen molar-refractivity contribution in [3.05, 3.63) is 42.0 Å². The fourth-order valence-electron chi connectivity index (χ4n) is 3.34. The van der Waals surface area contributed by atoms with Crippen molar-refractivity contribution in [1.29, 1.82) is 0 Å². The summed E-state index contributed by atoms with van der Waals surface area (Å²) in [5.41, 5.74) is 0.417. The Morgan fingerprint density at radius 1 is 1.28 bits per heavy atom. The van der Waals surface area contributed by atoms with Crippen molar-refractivity contribution in [2.45, 2.75) is 25.3 Å². The Hall–Kier alpha value is -2.44. The third-order valence-corrected chi connectivity index (χ3v) is 4.68. The minimum Gasteiger partial charge on any atom is -0.488 e. The molecule has 1 saturated heterocycles. The van der Waals surface area contributed by atoms with Gasteiger partial charge in [0.15, 0.2) is 11.6 Å². The van der Waals surface area contributed by atoms with Crippen LogP contribution in [0.25, 0.3) is 0 Å². The third kappa shape index (κ3) is 3.81. The second-order valence-corrected chi connectivity index (χ2v) is 6.40. The second kappa shape index (κ2) is 7.21. The molecule has 2 amide bonds. The zero-order valence-electron chi connectivity index (χ0n) is 13.8. The molecule has 1 unspecified atom stereocenters. The lowest BCUT2D eigenvalue weighted by atomic mass is 9.94.